The van der Waals surface area contributed by atoms with E-state index in [4.69, 9.17) is 0 Å². The third-order valence-corrected chi connectivity index (χ3v) is 15.4. The van der Waals surface area contributed by atoms with E-state index in [1.165, 1.54) is 0 Å². The fourth-order valence-corrected chi connectivity index (χ4v) is 9.27. The molecule has 10 N–H and O–H groups in total. The van der Waals surface area contributed by atoms with Crippen LogP contribution in [0.5, 0.6) is 0 Å². The standard InChI is InChI=1S/C59H128N18O5/c1-11-70(12-2)46-36-60-26-31-65-55(78)21-41-75(42-22-56(79)66-32-27-61-37-47-71(13-3)14-4)51-53-77(45-25-59(82)69-35-30-64-40-50-74(19-9)20-10)54-52-76(43-23-57(80)67-33-28-62-38-48-72(15-5)16-6)44-24-58(81)68-34-29-63-39-49-73(17-7)18-8/h60-64H,11-54H2,1-10H3,(H,65,78)(H,66,79)(H,67,80)(H,68,81)(H,69,82). The van der Waals surface area contributed by atoms with E-state index in [1.54, 1.807) is 0 Å². The number of amides is 5. The van der Waals surface area contributed by atoms with Crippen molar-refractivity contribution in [2.45, 2.75) is 101 Å². The lowest BCUT2D eigenvalue weighted by molar-refractivity contribution is -0.123. The summed E-state index contributed by atoms with van der Waals surface area (Å²) in [5.41, 5.74) is 0. The lowest BCUT2D eigenvalue weighted by atomic mass is 10.2. The summed E-state index contributed by atoms with van der Waals surface area (Å²) in [5.74, 6) is -0.161. The fraction of sp³-hybridized carbons (Fsp3) is 0.915. The first-order chi connectivity index (χ1) is 39.8. The third kappa shape index (κ3) is 47.1. The summed E-state index contributed by atoms with van der Waals surface area (Å²) >= 11 is 0. The summed E-state index contributed by atoms with van der Waals surface area (Å²) in [5, 5.41) is 32.6. The summed E-state index contributed by atoms with van der Waals surface area (Å²) in [4.78, 5) is 84.8. The molecule has 0 aliphatic heterocycles. The molecule has 23 nitrogen and oxygen atoms in total. The SMILES string of the molecule is CCN(CC)CCNCCNC(=O)CCN(CCC(=O)NCCNCCN(CC)CC)CCN(CCC(=O)NCCNCCN(CC)CC)CCN(CCC(=O)NCCNCCN(CC)CC)CCC(=O)NCCNCCN(CC)CC. The molecule has 82 heavy (non-hydrogen) atoms. The Hall–Kier alpha value is -3.17. The van der Waals surface area contributed by atoms with Gasteiger partial charge in [-0.25, -0.2) is 0 Å². The third-order valence-electron chi connectivity index (χ3n) is 15.4. The molecule has 0 bridgehead atoms. The van der Waals surface area contributed by atoms with Crippen molar-refractivity contribution in [3.63, 3.8) is 0 Å². The number of hydrogen-bond acceptors (Lipinski definition) is 18. The molecule has 0 aliphatic rings. The molecule has 0 fully saturated rings. The maximum absolute atomic E-state index is 13.4. The largest absolute Gasteiger partial charge is 0.355 e. The van der Waals surface area contributed by atoms with Gasteiger partial charge < -0.3 is 92.4 Å². The minimum absolute atomic E-state index is 0.0267. The molecule has 0 saturated carbocycles. The number of carbonyl (C=O) groups excluding carboxylic acids is 5. The van der Waals surface area contributed by atoms with Crippen molar-refractivity contribution < 1.29 is 24.0 Å². The molecule has 484 valence electrons. The Bertz CT molecular complexity index is 1340. The minimum Gasteiger partial charge on any atom is -0.355 e. The fourth-order valence-electron chi connectivity index (χ4n) is 9.27. The Labute approximate surface area is 500 Å². The van der Waals surface area contributed by atoms with Crippen LogP contribution in [0.25, 0.3) is 0 Å². The van der Waals surface area contributed by atoms with Crippen LogP contribution in [0, 0.1) is 0 Å². The molecule has 0 aromatic heterocycles. The molecule has 5 amide bonds. The lowest BCUT2D eigenvalue weighted by Gasteiger charge is -2.30. The van der Waals surface area contributed by atoms with Gasteiger partial charge in [-0.3, -0.25) is 24.0 Å². The topological polar surface area (TPSA) is 232 Å². The molecular weight excluding hydrogens is 1040 g/mol. The van der Waals surface area contributed by atoms with E-state index in [1.807, 2.05) is 0 Å². The van der Waals surface area contributed by atoms with E-state index < -0.39 is 0 Å². The zero-order valence-corrected chi connectivity index (χ0v) is 54.2. The van der Waals surface area contributed by atoms with Gasteiger partial charge in [0.05, 0.1) is 0 Å². The van der Waals surface area contributed by atoms with E-state index in [2.05, 4.69) is 162 Å². The van der Waals surface area contributed by atoms with Gasteiger partial charge >= 0.3 is 0 Å². The quantitative estimate of drug-likeness (QED) is 0.0332. The predicted octanol–water partition coefficient (Wildman–Crippen LogP) is -0.919. The average molecular weight is 1170 g/mol. The van der Waals surface area contributed by atoms with E-state index in [0.717, 1.165) is 131 Å². The minimum atomic E-state index is -0.0336. The van der Waals surface area contributed by atoms with Crippen LogP contribution in [0.1, 0.15) is 101 Å². The van der Waals surface area contributed by atoms with Gasteiger partial charge in [0.2, 0.25) is 29.5 Å². The zero-order chi connectivity index (χ0) is 60.7. The molecule has 0 saturated heterocycles. The number of rotatable bonds is 61. The second-order valence-electron chi connectivity index (χ2n) is 20.9. The maximum Gasteiger partial charge on any atom is 0.221 e. The average Bonchev–Trinajstić information content (AvgIpc) is 3.49. The molecule has 0 atom stereocenters. The molecule has 0 spiro atoms. The molecular formula is C59H128N18O5. The highest BCUT2D eigenvalue weighted by Crippen LogP contribution is 2.03. The van der Waals surface area contributed by atoms with Crippen LogP contribution in [-0.4, -0.2) is 324 Å². The molecule has 0 aromatic carbocycles. The molecule has 23 heteroatoms. The van der Waals surface area contributed by atoms with Crippen LogP contribution in [-0.2, 0) is 24.0 Å². The van der Waals surface area contributed by atoms with Gasteiger partial charge in [0.15, 0.2) is 0 Å². The normalized spacial score (nSPS) is 11.9. The van der Waals surface area contributed by atoms with Crippen molar-refractivity contribution in [3.8, 4) is 0 Å². The predicted molar refractivity (Wildman–Crippen MR) is 341 cm³/mol. The summed E-state index contributed by atoms with van der Waals surface area (Å²) in [6.07, 6.45) is 1.46. The van der Waals surface area contributed by atoms with Gasteiger partial charge in [-0.15, -0.1) is 0 Å². The molecule has 0 unspecified atom stereocenters. The van der Waals surface area contributed by atoms with Gasteiger partial charge in [-0.2, -0.15) is 0 Å². The lowest BCUT2D eigenvalue weighted by Crippen LogP contribution is -2.44. The summed E-state index contributed by atoms with van der Waals surface area (Å²) in [7, 11) is 0. The maximum atomic E-state index is 13.4. The van der Waals surface area contributed by atoms with Crippen LogP contribution in [0.15, 0.2) is 0 Å². The Balaban J connectivity index is 6.17. The van der Waals surface area contributed by atoms with Gasteiger partial charge in [0, 0.05) is 222 Å². The number of nitrogens with zero attached hydrogens (tertiary/aromatic N) is 8. The number of nitrogens with one attached hydrogen (secondary N) is 10. The first-order valence-corrected chi connectivity index (χ1v) is 32.5. The first-order valence-electron chi connectivity index (χ1n) is 32.5. The second-order valence-corrected chi connectivity index (χ2v) is 20.9. The summed E-state index contributed by atoms with van der Waals surface area (Å²) in [6.45, 7) is 51.7. The van der Waals surface area contributed by atoms with Crippen molar-refractivity contribution in [1.82, 2.24) is 92.4 Å². The van der Waals surface area contributed by atoms with E-state index in [0.29, 0.717) is 156 Å². The highest BCUT2D eigenvalue weighted by atomic mass is 16.2. The Kier molecular flexibility index (Phi) is 54.7. The molecule has 0 aromatic rings. The number of hydrogen-bond donors (Lipinski definition) is 10. The number of carbonyl (C=O) groups is 5. The highest BCUT2D eigenvalue weighted by Gasteiger charge is 2.18. The molecule has 0 aliphatic carbocycles. The molecule has 0 heterocycles. The summed E-state index contributed by atoms with van der Waals surface area (Å²) in [6, 6.07) is 0. The summed E-state index contributed by atoms with van der Waals surface area (Å²) < 4.78 is 0. The molecule has 0 radical (unpaired) electrons. The van der Waals surface area contributed by atoms with Gasteiger partial charge in [0.25, 0.3) is 0 Å². The second kappa shape index (κ2) is 56.9. The van der Waals surface area contributed by atoms with Gasteiger partial charge in [-0.05, 0) is 65.4 Å². The van der Waals surface area contributed by atoms with Crippen molar-refractivity contribution >= 4 is 29.5 Å². The van der Waals surface area contributed by atoms with Crippen LogP contribution in [0.2, 0.25) is 0 Å². The van der Waals surface area contributed by atoms with Gasteiger partial charge in [-0.1, -0.05) is 69.2 Å². The van der Waals surface area contributed by atoms with Crippen molar-refractivity contribution in [1.29, 1.82) is 0 Å². The smallest absolute Gasteiger partial charge is 0.221 e. The first kappa shape index (κ1) is 78.8. The Morgan fingerprint density at radius 2 is 0.354 bits per heavy atom. The van der Waals surface area contributed by atoms with Crippen LogP contribution >= 0.6 is 0 Å². The monoisotopic (exact) mass is 1170 g/mol. The van der Waals surface area contributed by atoms with Crippen molar-refractivity contribution in [3.05, 3.63) is 0 Å². The van der Waals surface area contributed by atoms with E-state index in [9.17, 15) is 24.0 Å². The van der Waals surface area contributed by atoms with Crippen LogP contribution in [0.3, 0.4) is 0 Å². The van der Waals surface area contributed by atoms with Crippen molar-refractivity contribution in [2.24, 2.45) is 0 Å². The Morgan fingerprint density at radius 1 is 0.195 bits per heavy atom. The highest BCUT2D eigenvalue weighted by molar-refractivity contribution is 5.77. The zero-order valence-electron chi connectivity index (χ0n) is 54.2. The van der Waals surface area contributed by atoms with E-state index in [-0.39, 0.29) is 29.5 Å². The van der Waals surface area contributed by atoms with E-state index >= 15 is 0 Å². The van der Waals surface area contributed by atoms with Crippen LogP contribution in [0.4, 0.5) is 0 Å². The van der Waals surface area contributed by atoms with Gasteiger partial charge in [0.1, 0.15) is 0 Å². The van der Waals surface area contributed by atoms with Crippen LogP contribution < -0.4 is 53.2 Å². The number of likely N-dealkylation sites (N-methyl/N-ethyl adjacent to an activating group) is 5. The molecule has 0 rings (SSSR count). The van der Waals surface area contributed by atoms with Crippen molar-refractivity contribution in [2.75, 3.05) is 255 Å². The Morgan fingerprint density at radius 3 is 0.512 bits per heavy atom.